The minimum atomic E-state index is -0.0226. The summed E-state index contributed by atoms with van der Waals surface area (Å²) in [5, 5.41) is 1.64. The van der Waals surface area contributed by atoms with E-state index in [-0.39, 0.29) is 5.91 Å². The molecule has 1 heterocycles. The molecule has 1 amide bonds. The van der Waals surface area contributed by atoms with Gasteiger partial charge in [0.25, 0.3) is 0 Å². The van der Waals surface area contributed by atoms with E-state index in [9.17, 15) is 4.79 Å². The number of aromatic amines is 1. The summed E-state index contributed by atoms with van der Waals surface area (Å²) in [7, 11) is 3.58. The maximum Gasteiger partial charge on any atom is 0.238 e. The van der Waals surface area contributed by atoms with Gasteiger partial charge in [-0.05, 0) is 24.6 Å². The van der Waals surface area contributed by atoms with Gasteiger partial charge in [0, 0.05) is 14.1 Å². The van der Waals surface area contributed by atoms with Gasteiger partial charge in [0.1, 0.15) is 5.82 Å². The molecule has 0 aliphatic heterocycles. The topological polar surface area (TPSA) is 61.0 Å². The van der Waals surface area contributed by atoms with Gasteiger partial charge in [0.05, 0.1) is 17.5 Å². The van der Waals surface area contributed by atoms with Gasteiger partial charge in [-0.15, -0.1) is 0 Å². The van der Waals surface area contributed by atoms with Crippen molar-refractivity contribution in [1.29, 1.82) is 0 Å². The molecule has 5 nitrogen and oxygen atoms in total. The maximum absolute atomic E-state index is 11.6. The van der Waals surface area contributed by atoms with Crippen molar-refractivity contribution in [2.24, 2.45) is 0 Å². The molecule has 17 heavy (non-hydrogen) atoms. The molecule has 0 aliphatic rings. The summed E-state index contributed by atoms with van der Waals surface area (Å²) in [5.74, 6) is 0.862. The van der Waals surface area contributed by atoms with Crippen LogP contribution in [0.25, 0.3) is 11.0 Å². The van der Waals surface area contributed by atoms with Crippen molar-refractivity contribution in [2.45, 2.75) is 13.3 Å². The first kappa shape index (κ1) is 11.6. The van der Waals surface area contributed by atoms with Crippen LogP contribution in [0.15, 0.2) is 18.2 Å². The van der Waals surface area contributed by atoms with Crippen molar-refractivity contribution in [3.8, 4) is 0 Å². The molecule has 0 radical (unpaired) electrons. The molecular formula is C12H16N4O. The fourth-order valence-electron chi connectivity index (χ4n) is 1.77. The number of carbonyl (C=O) groups is 1. The average molecular weight is 232 g/mol. The molecule has 0 atom stereocenters. The second-order valence-electron chi connectivity index (χ2n) is 4.28. The Morgan fingerprint density at radius 1 is 1.47 bits per heavy atom. The summed E-state index contributed by atoms with van der Waals surface area (Å²) in [6, 6.07) is 5.82. The zero-order chi connectivity index (χ0) is 12.4. The Morgan fingerprint density at radius 3 is 2.94 bits per heavy atom. The highest BCUT2D eigenvalue weighted by atomic mass is 16.2. The fourth-order valence-corrected chi connectivity index (χ4v) is 1.77. The number of benzene rings is 1. The zero-order valence-corrected chi connectivity index (χ0v) is 10.2. The molecule has 1 aromatic carbocycles. The molecule has 5 heteroatoms. The first-order valence-corrected chi connectivity index (χ1v) is 5.46. The summed E-state index contributed by atoms with van der Waals surface area (Å²) in [6.45, 7) is 1.92. The summed E-state index contributed by atoms with van der Waals surface area (Å²) < 4.78 is 0. The van der Waals surface area contributed by atoms with Gasteiger partial charge in [0.2, 0.25) is 5.91 Å². The van der Waals surface area contributed by atoms with Crippen LogP contribution in [0.3, 0.4) is 0 Å². The van der Waals surface area contributed by atoms with Crippen molar-refractivity contribution >= 4 is 16.9 Å². The third kappa shape index (κ3) is 2.82. The number of H-pyrrole nitrogens is 1. The summed E-state index contributed by atoms with van der Waals surface area (Å²) in [4.78, 5) is 19.1. The first-order valence-electron chi connectivity index (χ1n) is 5.46. The van der Waals surface area contributed by atoms with E-state index in [0.717, 1.165) is 22.4 Å². The fraction of sp³-hybridized carbons (Fsp3) is 0.333. The number of rotatable bonds is 3. The van der Waals surface area contributed by atoms with Crippen LogP contribution in [0.2, 0.25) is 0 Å². The normalized spacial score (nSPS) is 11.1. The van der Waals surface area contributed by atoms with Crippen LogP contribution in [0, 0.1) is 6.92 Å². The number of nitrogens with zero attached hydrogens (tertiary/aromatic N) is 2. The largest absolute Gasteiger partial charge is 0.342 e. The molecule has 0 saturated carbocycles. The molecular weight excluding hydrogens is 216 g/mol. The van der Waals surface area contributed by atoms with Crippen molar-refractivity contribution in [2.75, 3.05) is 14.1 Å². The molecule has 0 unspecified atom stereocenters. The molecule has 0 fully saturated rings. The number of hydrazine groups is 1. The molecule has 0 bridgehead atoms. The highest BCUT2D eigenvalue weighted by molar-refractivity contribution is 5.81. The number of fused-ring (bicyclic) bond motifs is 1. The number of imidazole rings is 1. The molecule has 2 N–H and O–H groups in total. The second-order valence-corrected chi connectivity index (χ2v) is 4.28. The predicted octanol–water partition coefficient (Wildman–Crippen LogP) is 1.01. The lowest BCUT2D eigenvalue weighted by Gasteiger charge is -2.11. The number of aromatic nitrogens is 2. The minimum absolute atomic E-state index is 0.0226. The molecule has 0 aliphatic carbocycles. The van der Waals surface area contributed by atoms with Crippen LogP contribution >= 0.6 is 0 Å². The standard InChI is InChI=1S/C12H16N4O/c1-8-13-10-5-4-9(6-11(10)14-8)7-12(17)15-16(2)3/h4-6H,7H2,1-3H3,(H,13,14)(H,15,17). The Bertz CT molecular complexity index is 544. The van der Waals surface area contributed by atoms with E-state index in [2.05, 4.69) is 15.4 Å². The van der Waals surface area contributed by atoms with E-state index < -0.39 is 0 Å². The Kier molecular flexibility index (Phi) is 3.10. The van der Waals surface area contributed by atoms with E-state index in [4.69, 9.17) is 0 Å². The molecule has 1 aromatic heterocycles. The molecule has 2 aromatic rings. The summed E-state index contributed by atoms with van der Waals surface area (Å²) >= 11 is 0. The summed E-state index contributed by atoms with van der Waals surface area (Å²) in [6.07, 6.45) is 0.367. The molecule has 2 rings (SSSR count). The van der Waals surface area contributed by atoms with Crippen molar-refractivity contribution in [1.82, 2.24) is 20.4 Å². The highest BCUT2D eigenvalue weighted by Gasteiger charge is 2.06. The van der Waals surface area contributed by atoms with Crippen molar-refractivity contribution < 1.29 is 4.79 Å². The lowest BCUT2D eigenvalue weighted by atomic mass is 10.1. The Morgan fingerprint density at radius 2 is 2.24 bits per heavy atom. The SMILES string of the molecule is Cc1nc2ccc(CC(=O)NN(C)C)cc2[nH]1. The number of aryl methyl sites for hydroxylation is 1. The van der Waals surface area contributed by atoms with Gasteiger partial charge < -0.3 is 4.98 Å². The Labute approximate surface area is 99.8 Å². The number of nitrogens with one attached hydrogen (secondary N) is 2. The van der Waals surface area contributed by atoms with Crippen LogP contribution in [0.1, 0.15) is 11.4 Å². The van der Waals surface area contributed by atoms with E-state index in [1.54, 1.807) is 19.1 Å². The van der Waals surface area contributed by atoms with Crippen LogP contribution in [-0.4, -0.2) is 35.0 Å². The molecule has 0 saturated heterocycles. The number of hydrogen-bond donors (Lipinski definition) is 2. The van der Waals surface area contributed by atoms with Gasteiger partial charge in [-0.25, -0.2) is 9.99 Å². The quantitative estimate of drug-likeness (QED) is 0.776. The number of amides is 1. The second kappa shape index (κ2) is 4.55. The van der Waals surface area contributed by atoms with Gasteiger partial charge in [-0.3, -0.25) is 10.2 Å². The minimum Gasteiger partial charge on any atom is -0.342 e. The third-order valence-electron chi connectivity index (χ3n) is 2.38. The smallest absolute Gasteiger partial charge is 0.238 e. The third-order valence-corrected chi connectivity index (χ3v) is 2.38. The van der Waals surface area contributed by atoms with Crippen LogP contribution < -0.4 is 5.43 Å². The Hall–Kier alpha value is -1.88. The lowest BCUT2D eigenvalue weighted by molar-refractivity contribution is -0.124. The van der Waals surface area contributed by atoms with Crippen molar-refractivity contribution in [3.63, 3.8) is 0 Å². The highest BCUT2D eigenvalue weighted by Crippen LogP contribution is 2.13. The predicted molar refractivity (Wildman–Crippen MR) is 66.4 cm³/mol. The maximum atomic E-state index is 11.6. The van der Waals surface area contributed by atoms with Gasteiger partial charge in [0.15, 0.2) is 0 Å². The monoisotopic (exact) mass is 232 g/mol. The first-order chi connectivity index (χ1) is 8.04. The van der Waals surface area contributed by atoms with E-state index in [1.807, 2.05) is 25.1 Å². The zero-order valence-electron chi connectivity index (χ0n) is 10.2. The van der Waals surface area contributed by atoms with Crippen LogP contribution in [0.5, 0.6) is 0 Å². The van der Waals surface area contributed by atoms with Crippen LogP contribution in [0.4, 0.5) is 0 Å². The molecule has 90 valence electrons. The lowest BCUT2D eigenvalue weighted by Crippen LogP contribution is -2.37. The van der Waals surface area contributed by atoms with Gasteiger partial charge in [-0.2, -0.15) is 0 Å². The number of hydrogen-bond acceptors (Lipinski definition) is 3. The number of carbonyl (C=O) groups excluding carboxylic acids is 1. The molecule has 0 spiro atoms. The van der Waals surface area contributed by atoms with E-state index >= 15 is 0 Å². The van der Waals surface area contributed by atoms with E-state index in [0.29, 0.717) is 6.42 Å². The average Bonchev–Trinajstić information content (AvgIpc) is 2.55. The van der Waals surface area contributed by atoms with Crippen molar-refractivity contribution in [3.05, 3.63) is 29.6 Å². The summed E-state index contributed by atoms with van der Waals surface area (Å²) in [5.41, 5.74) is 5.59. The van der Waals surface area contributed by atoms with E-state index in [1.165, 1.54) is 0 Å². The van der Waals surface area contributed by atoms with Gasteiger partial charge in [-0.1, -0.05) is 6.07 Å². The van der Waals surface area contributed by atoms with Crippen LogP contribution in [-0.2, 0) is 11.2 Å². The Balaban J connectivity index is 2.16. The van der Waals surface area contributed by atoms with Gasteiger partial charge >= 0.3 is 0 Å².